The van der Waals surface area contributed by atoms with E-state index in [0.717, 1.165) is 32.0 Å². The number of hydrogen-bond acceptors (Lipinski definition) is 5. The van der Waals surface area contributed by atoms with Gasteiger partial charge in [0.25, 0.3) is 5.91 Å². The van der Waals surface area contributed by atoms with Crippen LogP contribution in [0.1, 0.15) is 23.2 Å². The van der Waals surface area contributed by atoms with Crippen molar-refractivity contribution >= 4 is 11.7 Å². The van der Waals surface area contributed by atoms with Gasteiger partial charge in [0, 0.05) is 50.5 Å². The predicted octanol–water partition coefficient (Wildman–Crippen LogP) is 0.301. The van der Waals surface area contributed by atoms with Gasteiger partial charge in [-0.15, -0.1) is 0 Å². The number of nitrogens with zero attached hydrogens (tertiary/aromatic N) is 3. The zero-order valence-electron chi connectivity index (χ0n) is 13.2. The van der Waals surface area contributed by atoms with Crippen LogP contribution in [-0.4, -0.2) is 61.6 Å². The molecule has 1 saturated heterocycles. The number of nitrogens with one attached hydrogen (secondary N) is 1. The van der Waals surface area contributed by atoms with E-state index < -0.39 is 0 Å². The predicted molar refractivity (Wildman–Crippen MR) is 87.0 cm³/mol. The van der Waals surface area contributed by atoms with Gasteiger partial charge in [0.2, 0.25) is 0 Å². The van der Waals surface area contributed by atoms with Crippen LogP contribution in [0.3, 0.4) is 0 Å². The Morgan fingerprint density at radius 3 is 2.77 bits per heavy atom. The molecule has 0 spiro atoms. The second-order valence-corrected chi connectivity index (χ2v) is 6.35. The fourth-order valence-corrected chi connectivity index (χ4v) is 2.89. The summed E-state index contributed by atoms with van der Waals surface area (Å²) in [7, 11) is 2.12. The lowest BCUT2D eigenvalue weighted by molar-refractivity contribution is 0.0933. The number of likely N-dealkylation sites (N-methyl/N-ethyl adjacent to an activating group) is 1. The first-order valence-corrected chi connectivity index (χ1v) is 8.08. The first-order valence-electron chi connectivity index (χ1n) is 8.08. The quantitative estimate of drug-likeness (QED) is 0.818. The second-order valence-electron chi connectivity index (χ2n) is 6.35. The van der Waals surface area contributed by atoms with Crippen LogP contribution in [-0.2, 0) is 0 Å². The van der Waals surface area contributed by atoms with Crippen LogP contribution in [0.15, 0.2) is 18.3 Å². The van der Waals surface area contributed by atoms with Crippen molar-refractivity contribution < 1.29 is 4.79 Å². The van der Waals surface area contributed by atoms with E-state index in [1.165, 1.54) is 12.8 Å². The highest BCUT2D eigenvalue weighted by molar-refractivity contribution is 5.95. The van der Waals surface area contributed by atoms with Crippen LogP contribution >= 0.6 is 0 Å². The Balaban J connectivity index is 1.66. The molecule has 120 valence electrons. The highest BCUT2D eigenvalue weighted by atomic mass is 16.1. The smallest absolute Gasteiger partial charge is 0.251 e. The van der Waals surface area contributed by atoms with Gasteiger partial charge in [0.05, 0.1) is 0 Å². The summed E-state index contributed by atoms with van der Waals surface area (Å²) in [6.45, 7) is 4.45. The molecule has 2 heterocycles. The average Bonchev–Trinajstić information content (AvgIpc) is 3.38. The van der Waals surface area contributed by atoms with Crippen LogP contribution in [0.4, 0.5) is 5.82 Å². The highest BCUT2D eigenvalue weighted by Crippen LogP contribution is 2.32. The summed E-state index contributed by atoms with van der Waals surface area (Å²) in [6.07, 6.45) is 4.06. The van der Waals surface area contributed by atoms with E-state index in [4.69, 9.17) is 5.73 Å². The Labute approximate surface area is 131 Å². The molecule has 2 aliphatic rings. The molecule has 0 radical (unpaired) electrons. The van der Waals surface area contributed by atoms with E-state index in [9.17, 15) is 4.79 Å². The zero-order chi connectivity index (χ0) is 15.5. The van der Waals surface area contributed by atoms with Crippen molar-refractivity contribution in [1.29, 1.82) is 0 Å². The van der Waals surface area contributed by atoms with E-state index in [1.807, 2.05) is 6.07 Å². The number of amides is 1. The summed E-state index contributed by atoms with van der Waals surface area (Å²) >= 11 is 0. The summed E-state index contributed by atoms with van der Waals surface area (Å²) in [5, 5.41) is 3.06. The van der Waals surface area contributed by atoms with Crippen molar-refractivity contribution in [2.24, 2.45) is 11.7 Å². The lowest BCUT2D eigenvalue weighted by Gasteiger charge is -2.33. The fourth-order valence-electron chi connectivity index (χ4n) is 2.89. The first-order chi connectivity index (χ1) is 10.7. The van der Waals surface area contributed by atoms with Crippen molar-refractivity contribution in [3.8, 4) is 0 Å². The zero-order valence-corrected chi connectivity index (χ0v) is 13.2. The molecule has 6 nitrogen and oxygen atoms in total. The molecule has 1 aromatic rings. The molecule has 1 saturated carbocycles. The monoisotopic (exact) mass is 303 g/mol. The number of nitrogens with two attached hydrogens (primary N) is 1. The van der Waals surface area contributed by atoms with E-state index in [1.54, 1.807) is 12.3 Å². The Hall–Kier alpha value is -1.66. The van der Waals surface area contributed by atoms with E-state index in [2.05, 4.69) is 27.1 Å². The van der Waals surface area contributed by atoms with E-state index >= 15 is 0 Å². The van der Waals surface area contributed by atoms with Gasteiger partial charge in [-0.1, -0.05) is 0 Å². The number of aromatic nitrogens is 1. The number of hydrogen-bond donors (Lipinski definition) is 2. The number of piperazine rings is 1. The SMILES string of the molecule is CN1CCN(c2cc(C(=O)NC(CN)C3CC3)ccn2)CC1. The summed E-state index contributed by atoms with van der Waals surface area (Å²) in [5.74, 6) is 1.41. The van der Waals surface area contributed by atoms with Gasteiger partial charge >= 0.3 is 0 Å². The fraction of sp³-hybridized carbons (Fsp3) is 0.625. The van der Waals surface area contributed by atoms with E-state index in [0.29, 0.717) is 18.0 Å². The number of rotatable bonds is 5. The molecule has 3 rings (SSSR count). The Bertz CT molecular complexity index is 523. The number of pyridine rings is 1. The van der Waals surface area contributed by atoms with Crippen molar-refractivity contribution in [3.63, 3.8) is 0 Å². The third-order valence-corrected chi connectivity index (χ3v) is 4.60. The molecule has 1 aliphatic heterocycles. The highest BCUT2D eigenvalue weighted by Gasteiger charge is 2.31. The third-order valence-electron chi connectivity index (χ3n) is 4.60. The van der Waals surface area contributed by atoms with Gasteiger partial charge in [-0.2, -0.15) is 0 Å². The van der Waals surface area contributed by atoms with Crippen molar-refractivity contribution in [2.75, 3.05) is 44.7 Å². The molecule has 6 heteroatoms. The standard InChI is InChI=1S/C16H25N5O/c1-20-6-8-21(9-7-20)15-10-13(4-5-18-15)16(22)19-14(11-17)12-2-3-12/h4-5,10,12,14H,2-3,6-9,11,17H2,1H3,(H,19,22). The molecule has 1 unspecified atom stereocenters. The first kappa shape index (κ1) is 15.2. The van der Waals surface area contributed by atoms with Crippen LogP contribution < -0.4 is 16.0 Å². The second kappa shape index (κ2) is 6.62. The maximum atomic E-state index is 12.4. The number of carbonyl (C=O) groups is 1. The number of carbonyl (C=O) groups excluding carboxylic acids is 1. The minimum Gasteiger partial charge on any atom is -0.354 e. The number of anilines is 1. The topological polar surface area (TPSA) is 74.5 Å². The summed E-state index contributed by atoms with van der Waals surface area (Å²) < 4.78 is 0. The van der Waals surface area contributed by atoms with Crippen LogP contribution in [0.5, 0.6) is 0 Å². The van der Waals surface area contributed by atoms with Gasteiger partial charge in [-0.05, 0) is 37.9 Å². The molecule has 1 amide bonds. The van der Waals surface area contributed by atoms with Gasteiger partial charge in [-0.25, -0.2) is 4.98 Å². The van der Waals surface area contributed by atoms with Gasteiger partial charge in [0.1, 0.15) is 5.82 Å². The third kappa shape index (κ3) is 3.56. The molecular weight excluding hydrogens is 278 g/mol. The Morgan fingerprint density at radius 2 is 2.14 bits per heavy atom. The molecule has 0 aromatic carbocycles. The maximum absolute atomic E-state index is 12.4. The minimum atomic E-state index is -0.0415. The van der Waals surface area contributed by atoms with Crippen molar-refractivity contribution in [1.82, 2.24) is 15.2 Å². The molecule has 1 atom stereocenters. The van der Waals surface area contributed by atoms with E-state index in [-0.39, 0.29) is 11.9 Å². The summed E-state index contributed by atoms with van der Waals surface area (Å²) in [4.78, 5) is 21.4. The average molecular weight is 303 g/mol. The molecular formula is C16H25N5O. The van der Waals surface area contributed by atoms with Crippen LogP contribution in [0, 0.1) is 5.92 Å². The molecule has 2 fully saturated rings. The largest absolute Gasteiger partial charge is 0.354 e. The van der Waals surface area contributed by atoms with Crippen molar-refractivity contribution in [2.45, 2.75) is 18.9 Å². The Morgan fingerprint density at radius 1 is 1.41 bits per heavy atom. The van der Waals surface area contributed by atoms with Gasteiger partial charge in [0.15, 0.2) is 0 Å². The molecule has 1 aliphatic carbocycles. The molecule has 0 bridgehead atoms. The van der Waals surface area contributed by atoms with Gasteiger partial charge < -0.3 is 20.9 Å². The molecule has 3 N–H and O–H groups in total. The lowest BCUT2D eigenvalue weighted by atomic mass is 10.1. The summed E-state index contributed by atoms with van der Waals surface area (Å²) in [6, 6.07) is 3.77. The maximum Gasteiger partial charge on any atom is 0.251 e. The molecule has 1 aromatic heterocycles. The normalized spacial score (nSPS) is 20.7. The summed E-state index contributed by atoms with van der Waals surface area (Å²) in [5.41, 5.74) is 6.43. The van der Waals surface area contributed by atoms with Crippen LogP contribution in [0.2, 0.25) is 0 Å². The van der Waals surface area contributed by atoms with Crippen molar-refractivity contribution in [3.05, 3.63) is 23.9 Å². The molecule has 22 heavy (non-hydrogen) atoms. The Kier molecular flexibility index (Phi) is 4.59. The van der Waals surface area contributed by atoms with Crippen LogP contribution in [0.25, 0.3) is 0 Å². The minimum absolute atomic E-state index is 0.0415. The van der Waals surface area contributed by atoms with Gasteiger partial charge in [-0.3, -0.25) is 4.79 Å². The lowest BCUT2D eigenvalue weighted by Crippen LogP contribution is -2.45.